The predicted octanol–water partition coefficient (Wildman–Crippen LogP) is 2.88. The number of H-pyrrole nitrogens is 1. The van der Waals surface area contributed by atoms with Crippen molar-refractivity contribution in [2.24, 2.45) is 4.99 Å². The van der Waals surface area contributed by atoms with E-state index in [0.29, 0.717) is 18.9 Å². The summed E-state index contributed by atoms with van der Waals surface area (Å²) in [7, 11) is -1.39. The van der Waals surface area contributed by atoms with E-state index in [0.717, 1.165) is 24.0 Å². The number of fused-ring (bicyclic) bond motifs is 1. The molecule has 0 aliphatic heterocycles. The maximum atomic E-state index is 12.2. The molecule has 154 valence electrons. The zero-order valence-corrected chi connectivity index (χ0v) is 17.5. The molecule has 0 atom stereocenters. The van der Waals surface area contributed by atoms with Crippen LogP contribution in [0.4, 0.5) is 0 Å². The summed E-state index contributed by atoms with van der Waals surface area (Å²) in [6.45, 7) is 1.30. The van der Waals surface area contributed by atoms with Crippen LogP contribution in [-0.2, 0) is 22.0 Å². The summed E-state index contributed by atoms with van der Waals surface area (Å²) >= 11 is 0. The number of hydrogen-bond donors (Lipinski definition) is 3. The van der Waals surface area contributed by atoms with Crippen LogP contribution in [0.2, 0.25) is 0 Å². The van der Waals surface area contributed by atoms with Gasteiger partial charge in [-0.25, -0.2) is 8.42 Å². The highest BCUT2D eigenvalue weighted by Crippen LogP contribution is 2.17. The first-order chi connectivity index (χ1) is 14.1. The smallest absolute Gasteiger partial charge is 0.190 e. The van der Waals surface area contributed by atoms with Crippen LogP contribution in [0.3, 0.4) is 0 Å². The lowest BCUT2D eigenvalue weighted by Crippen LogP contribution is -2.39. The highest BCUT2D eigenvalue weighted by molar-refractivity contribution is 7.90. The van der Waals surface area contributed by atoms with E-state index >= 15 is 0 Å². The Morgan fingerprint density at radius 2 is 1.72 bits per heavy atom. The second kappa shape index (κ2) is 10.1. The van der Waals surface area contributed by atoms with Crippen molar-refractivity contribution in [1.29, 1.82) is 0 Å². The SMILES string of the molecule is CN=C(NCCCS(=O)(=O)Cc1ccccc1)NCCc1c[nH]c2ccccc12. The largest absolute Gasteiger partial charge is 0.361 e. The fourth-order valence-corrected chi connectivity index (χ4v) is 4.70. The van der Waals surface area contributed by atoms with Gasteiger partial charge in [0.25, 0.3) is 0 Å². The minimum Gasteiger partial charge on any atom is -0.361 e. The van der Waals surface area contributed by atoms with E-state index in [1.54, 1.807) is 7.05 Å². The number of hydrogen-bond acceptors (Lipinski definition) is 3. The summed E-state index contributed by atoms with van der Waals surface area (Å²) in [4.78, 5) is 7.49. The number of rotatable bonds is 9. The van der Waals surface area contributed by atoms with Gasteiger partial charge >= 0.3 is 0 Å². The average Bonchev–Trinajstić information content (AvgIpc) is 3.13. The normalized spacial score (nSPS) is 12.2. The molecule has 3 N–H and O–H groups in total. The number of guanidine groups is 1. The van der Waals surface area contributed by atoms with E-state index in [-0.39, 0.29) is 11.5 Å². The zero-order valence-electron chi connectivity index (χ0n) is 16.7. The van der Waals surface area contributed by atoms with Gasteiger partial charge in [0.15, 0.2) is 15.8 Å². The first kappa shape index (κ1) is 20.9. The van der Waals surface area contributed by atoms with Crippen molar-refractivity contribution in [2.75, 3.05) is 25.9 Å². The van der Waals surface area contributed by atoms with Crippen LogP contribution >= 0.6 is 0 Å². The van der Waals surface area contributed by atoms with Gasteiger partial charge < -0.3 is 15.6 Å². The zero-order chi connectivity index (χ0) is 20.5. The monoisotopic (exact) mass is 412 g/mol. The number of nitrogens with one attached hydrogen (secondary N) is 3. The summed E-state index contributed by atoms with van der Waals surface area (Å²) in [5.41, 5.74) is 3.23. The Bertz CT molecular complexity index is 1040. The fourth-order valence-electron chi connectivity index (χ4n) is 3.27. The molecular weight excluding hydrogens is 384 g/mol. The van der Waals surface area contributed by atoms with Crippen LogP contribution in [0.1, 0.15) is 17.5 Å². The third-order valence-electron chi connectivity index (χ3n) is 4.74. The molecule has 0 saturated carbocycles. The average molecular weight is 413 g/mol. The van der Waals surface area contributed by atoms with Gasteiger partial charge in [-0.1, -0.05) is 48.5 Å². The lowest BCUT2D eigenvalue weighted by atomic mass is 10.1. The summed E-state index contributed by atoms with van der Waals surface area (Å²) in [6, 6.07) is 17.5. The molecule has 3 aromatic rings. The number of aromatic amines is 1. The van der Waals surface area contributed by atoms with E-state index in [1.165, 1.54) is 10.9 Å². The van der Waals surface area contributed by atoms with Crippen molar-refractivity contribution in [3.63, 3.8) is 0 Å². The Balaban J connectivity index is 1.38. The van der Waals surface area contributed by atoms with Crippen molar-refractivity contribution in [2.45, 2.75) is 18.6 Å². The molecule has 0 bridgehead atoms. The topological polar surface area (TPSA) is 86.3 Å². The minimum atomic E-state index is -3.11. The molecule has 0 saturated heterocycles. The number of nitrogens with zero attached hydrogens (tertiary/aromatic N) is 1. The van der Waals surface area contributed by atoms with Crippen molar-refractivity contribution in [3.8, 4) is 0 Å². The molecule has 0 unspecified atom stereocenters. The Morgan fingerprint density at radius 1 is 1.00 bits per heavy atom. The number of sulfone groups is 1. The van der Waals surface area contributed by atoms with Gasteiger partial charge in [-0.3, -0.25) is 4.99 Å². The molecular formula is C22H28N4O2S. The maximum absolute atomic E-state index is 12.2. The molecule has 1 heterocycles. The van der Waals surface area contributed by atoms with Gasteiger partial charge in [-0.2, -0.15) is 0 Å². The van der Waals surface area contributed by atoms with Crippen molar-refractivity contribution in [3.05, 3.63) is 71.9 Å². The standard InChI is InChI=1S/C22H28N4O2S/c1-23-22(25-14-12-19-16-26-21-11-6-5-10-20(19)21)24-13-7-15-29(27,28)17-18-8-3-2-4-9-18/h2-6,8-11,16,26H,7,12-15,17H2,1H3,(H2,23,24,25). The van der Waals surface area contributed by atoms with E-state index < -0.39 is 9.84 Å². The van der Waals surface area contributed by atoms with Crippen LogP contribution < -0.4 is 10.6 Å². The van der Waals surface area contributed by atoms with Crippen LogP contribution in [0.15, 0.2) is 65.8 Å². The number of para-hydroxylation sites is 1. The van der Waals surface area contributed by atoms with Crippen molar-refractivity contribution in [1.82, 2.24) is 15.6 Å². The van der Waals surface area contributed by atoms with Gasteiger partial charge in [-0.15, -0.1) is 0 Å². The minimum absolute atomic E-state index is 0.0887. The first-order valence-corrected chi connectivity index (χ1v) is 11.6. The van der Waals surface area contributed by atoms with Gasteiger partial charge in [-0.05, 0) is 30.0 Å². The third-order valence-corrected chi connectivity index (χ3v) is 6.42. The Labute approximate surface area is 172 Å². The fraction of sp³-hybridized carbons (Fsp3) is 0.318. The predicted molar refractivity (Wildman–Crippen MR) is 120 cm³/mol. The molecule has 0 spiro atoms. The summed E-state index contributed by atoms with van der Waals surface area (Å²) in [6.07, 6.45) is 3.45. The van der Waals surface area contributed by atoms with Crippen LogP contribution in [0, 0.1) is 0 Å². The number of aliphatic imine (C=N–C) groups is 1. The van der Waals surface area contributed by atoms with Gasteiger partial charge in [0.1, 0.15) is 0 Å². The molecule has 2 aromatic carbocycles. The Morgan fingerprint density at radius 3 is 2.52 bits per heavy atom. The molecule has 0 radical (unpaired) electrons. The molecule has 1 aromatic heterocycles. The molecule has 0 fully saturated rings. The molecule has 0 aliphatic carbocycles. The molecule has 0 amide bonds. The molecule has 29 heavy (non-hydrogen) atoms. The lowest BCUT2D eigenvalue weighted by molar-refractivity contribution is 0.591. The highest BCUT2D eigenvalue weighted by Gasteiger charge is 2.11. The van der Waals surface area contributed by atoms with Crippen LogP contribution in [0.5, 0.6) is 0 Å². The quantitative estimate of drug-likeness (QED) is 0.287. The summed E-state index contributed by atoms with van der Waals surface area (Å²) in [5.74, 6) is 0.928. The lowest BCUT2D eigenvalue weighted by Gasteiger charge is -2.12. The summed E-state index contributed by atoms with van der Waals surface area (Å²) in [5, 5.41) is 7.71. The maximum Gasteiger partial charge on any atom is 0.190 e. The molecule has 6 nitrogen and oxygen atoms in total. The molecule has 3 rings (SSSR count). The van der Waals surface area contributed by atoms with Gasteiger partial charge in [0.05, 0.1) is 11.5 Å². The van der Waals surface area contributed by atoms with Gasteiger partial charge in [0, 0.05) is 37.2 Å². The first-order valence-electron chi connectivity index (χ1n) is 9.81. The van der Waals surface area contributed by atoms with E-state index in [4.69, 9.17) is 0 Å². The number of benzene rings is 2. The second-order valence-corrected chi connectivity index (χ2v) is 9.15. The van der Waals surface area contributed by atoms with Gasteiger partial charge in [0.2, 0.25) is 0 Å². The van der Waals surface area contributed by atoms with E-state index in [1.807, 2.05) is 48.7 Å². The summed E-state index contributed by atoms with van der Waals surface area (Å²) < 4.78 is 24.5. The molecule has 0 aliphatic rings. The third kappa shape index (κ3) is 6.35. The van der Waals surface area contributed by atoms with Crippen LogP contribution in [-0.4, -0.2) is 45.3 Å². The number of aromatic nitrogens is 1. The highest BCUT2D eigenvalue weighted by atomic mass is 32.2. The van der Waals surface area contributed by atoms with Crippen molar-refractivity contribution < 1.29 is 8.42 Å². The van der Waals surface area contributed by atoms with E-state index in [9.17, 15) is 8.42 Å². The van der Waals surface area contributed by atoms with E-state index in [2.05, 4.69) is 32.7 Å². The second-order valence-electron chi connectivity index (χ2n) is 6.97. The van der Waals surface area contributed by atoms with Crippen molar-refractivity contribution >= 4 is 26.7 Å². The molecule has 7 heteroatoms. The van der Waals surface area contributed by atoms with Crippen LogP contribution in [0.25, 0.3) is 10.9 Å². The Hall–Kier alpha value is -2.80. The Kier molecular flexibility index (Phi) is 7.30.